The highest BCUT2D eigenvalue weighted by Gasteiger charge is 2.33. The van der Waals surface area contributed by atoms with Gasteiger partial charge in [-0.1, -0.05) is 12.8 Å². The number of rotatable bonds is 2. The summed E-state index contributed by atoms with van der Waals surface area (Å²) in [6, 6.07) is 2.06. The summed E-state index contributed by atoms with van der Waals surface area (Å²) >= 11 is 0. The van der Waals surface area contributed by atoms with Gasteiger partial charge in [0.05, 0.1) is 11.8 Å². The topological polar surface area (TPSA) is 77.6 Å². The minimum atomic E-state index is -0.702. The molecule has 20 heavy (non-hydrogen) atoms. The second-order valence-electron chi connectivity index (χ2n) is 5.55. The lowest BCUT2D eigenvalue weighted by Gasteiger charge is -2.22. The molecule has 3 aromatic rings. The number of aliphatic hydroxyl groups is 1. The predicted molar refractivity (Wildman–Crippen MR) is 76.0 cm³/mol. The first-order valence-electron chi connectivity index (χ1n) is 6.95. The molecule has 1 fully saturated rings. The summed E-state index contributed by atoms with van der Waals surface area (Å²) in [5.74, 6) is 0. The summed E-state index contributed by atoms with van der Waals surface area (Å²) in [5, 5.41) is 18.6. The fourth-order valence-corrected chi connectivity index (χ4v) is 3.14. The van der Waals surface area contributed by atoms with Crippen molar-refractivity contribution in [2.75, 3.05) is 0 Å². The van der Waals surface area contributed by atoms with Crippen LogP contribution in [0.3, 0.4) is 0 Å². The molecule has 0 unspecified atom stereocenters. The number of nitrogens with zero attached hydrogens (tertiary/aromatic N) is 2. The van der Waals surface area contributed by atoms with E-state index < -0.39 is 5.60 Å². The Bertz CT molecular complexity index is 738. The van der Waals surface area contributed by atoms with E-state index in [2.05, 4.69) is 26.2 Å². The van der Waals surface area contributed by atoms with Crippen LogP contribution in [0.25, 0.3) is 22.2 Å². The Kier molecular flexibility index (Phi) is 2.44. The van der Waals surface area contributed by atoms with Gasteiger partial charge in [-0.05, 0) is 18.9 Å². The van der Waals surface area contributed by atoms with E-state index in [0.717, 1.165) is 53.4 Å². The molecule has 3 heterocycles. The second-order valence-corrected chi connectivity index (χ2v) is 5.55. The lowest BCUT2D eigenvalue weighted by atomic mass is 9.92. The van der Waals surface area contributed by atoms with E-state index in [4.69, 9.17) is 0 Å². The molecule has 1 saturated carbocycles. The number of hydrogen-bond acceptors (Lipinski definition) is 3. The van der Waals surface area contributed by atoms with E-state index in [9.17, 15) is 5.11 Å². The molecule has 0 aliphatic heterocycles. The highest BCUT2D eigenvalue weighted by Crippen LogP contribution is 2.39. The van der Waals surface area contributed by atoms with Crippen LogP contribution < -0.4 is 0 Å². The molecule has 4 rings (SSSR count). The SMILES string of the molecule is OC1(c2cnc3[nH]cc(-c4cn[nH]c4)c3c2)CCCC1. The van der Waals surface area contributed by atoms with Gasteiger partial charge in [0.1, 0.15) is 5.65 Å². The maximum absolute atomic E-state index is 10.7. The standard InChI is InChI=1S/C15H16N4O/c20-15(3-1-2-4-15)11-5-12-13(10-6-18-19-7-10)9-17-14(12)16-8-11/h5-9,20H,1-4H2,(H,16,17)(H,18,19). The van der Waals surface area contributed by atoms with E-state index in [1.165, 1.54) is 0 Å². The van der Waals surface area contributed by atoms with Crippen LogP contribution in [0, 0.1) is 0 Å². The number of pyridine rings is 1. The van der Waals surface area contributed by atoms with Crippen molar-refractivity contribution in [3.63, 3.8) is 0 Å². The minimum Gasteiger partial charge on any atom is -0.385 e. The molecular weight excluding hydrogens is 252 g/mol. The number of aromatic amines is 2. The zero-order chi connectivity index (χ0) is 13.6. The average molecular weight is 268 g/mol. The zero-order valence-electron chi connectivity index (χ0n) is 11.1. The van der Waals surface area contributed by atoms with Crippen molar-refractivity contribution in [3.05, 3.63) is 36.4 Å². The third-order valence-electron chi connectivity index (χ3n) is 4.31. The van der Waals surface area contributed by atoms with Crippen molar-refractivity contribution in [3.8, 4) is 11.1 Å². The van der Waals surface area contributed by atoms with Gasteiger partial charge in [-0.3, -0.25) is 5.10 Å². The summed E-state index contributed by atoms with van der Waals surface area (Å²) in [4.78, 5) is 7.63. The van der Waals surface area contributed by atoms with Crippen LogP contribution >= 0.6 is 0 Å². The molecule has 3 aromatic heterocycles. The number of nitrogens with one attached hydrogen (secondary N) is 2. The average Bonchev–Trinajstić information content (AvgIpc) is 3.17. The van der Waals surface area contributed by atoms with Crippen LogP contribution in [0.2, 0.25) is 0 Å². The molecule has 5 nitrogen and oxygen atoms in total. The van der Waals surface area contributed by atoms with Gasteiger partial charge in [-0.2, -0.15) is 5.10 Å². The van der Waals surface area contributed by atoms with Crippen LogP contribution in [0.15, 0.2) is 30.9 Å². The van der Waals surface area contributed by atoms with Crippen molar-refractivity contribution < 1.29 is 5.11 Å². The first-order chi connectivity index (χ1) is 9.76. The zero-order valence-corrected chi connectivity index (χ0v) is 11.1. The summed E-state index contributed by atoms with van der Waals surface area (Å²) < 4.78 is 0. The largest absolute Gasteiger partial charge is 0.385 e. The van der Waals surface area contributed by atoms with E-state index in [1.807, 2.05) is 12.4 Å². The first-order valence-corrected chi connectivity index (χ1v) is 6.95. The summed E-state index contributed by atoms with van der Waals surface area (Å²) in [6.07, 6.45) is 11.2. The van der Waals surface area contributed by atoms with Crippen molar-refractivity contribution >= 4 is 11.0 Å². The van der Waals surface area contributed by atoms with Gasteiger partial charge in [-0.15, -0.1) is 0 Å². The van der Waals surface area contributed by atoms with E-state index >= 15 is 0 Å². The Morgan fingerprint density at radius 1 is 1.15 bits per heavy atom. The van der Waals surface area contributed by atoms with E-state index in [-0.39, 0.29) is 0 Å². The normalized spacial score (nSPS) is 17.9. The maximum Gasteiger partial charge on any atom is 0.137 e. The summed E-state index contributed by atoms with van der Waals surface area (Å²) in [5.41, 5.74) is 3.14. The molecule has 0 bridgehead atoms. The van der Waals surface area contributed by atoms with Gasteiger partial charge in [0.15, 0.2) is 0 Å². The Morgan fingerprint density at radius 3 is 2.75 bits per heavy atom. The lowest BCUT2D eigenvalue weighted by Crippen LogP contribution is -2.20. The third-order valence-corrected chi connectivity index (χ3v) is 4.31. The van der Waals surface area contributed by atoms with Crippen LogP contribution in [0.4, 0.5) is 0 Å². The molecule has 0 amide bonds. The molecule has 5 heteroatoms. The number of H-pyrrole nitrogens is 2. The molecule has 3 N–H and O–H groups in total. The second kappa shape index (κ2) is 4.18. The first kappa shape index (κ1) is 11.7. The molecule has 0 aromatic carbocycles. The van der Waals surface area contributed by atoms with Crippen LogP contribution in [0.5, 0.6) is 0 Å². The van der Waals surface area contributed by atoms with Gasteiger partial charge in [-0.25, -0.2) is 4.98 Å². The van der Waals surface area contributed by atoms with Crippen molar-refractivity contribution in [1.82, 2.24) is 20.2 Å². The van der Waals surface area contributed by atoms with Crippen molar-refractivity contribution in [2.45, 2.75) is 31.3 Å². The third kappa shape index (κ3) is 1.67. The Labute approximate surface area is 116 Å². The Morgan fingerprint density at radius 2 is 2.00 bits per heavy atom. The Hall–Kier alpha value is -2.14. The van der Waals surface area contributed by atoms with Gasteiger partial charge >= 0.3 is 0 Å². The molecule has 0 spiro atoms. The van der Waals surface area contributed by atoms with Crippen molar-refractivity contribution in [2.24, 2.45) is 0 Å². The van der Waals surface area contributed by atoms with Crippen molar-refractivity contribution in [1.29, 1.82) is 0 Å². The highest BCUT2D eigenvalue weighted by atomic mass is 16.3. The molecule has 0 saturated heterocycles. The summed E-state index contributed by atoms with van der Waals surface area (Å²) in [7, 11) is 0. The fraction of sp³-hybridized carbons (Fsp3) is 0.333. The van der Waals surface area contributed by atoms with Gasteiger partial charge in [0.25, 0.3) is 0 Å². The molecular formula is C15H16N4O. The minimum absolute atomic E-state index is 0.702. The van der Waals surface area contributed by atoms with Gasteiger partial charge in [0, 0.05) is 40.7 Å². The smallest absolute Gasteiger partial charge is 0.137 e. The van der Waals surface area contributed by atoms with E-state index in [0.29, 0.717) is 0 Å². The Balaban J connectivity index is 1.88. The van der Waals surface area contributed by atoms with Crippen LogP contribution in [-0.4, -0.2) is 25.3 Å². The van der Waals surface area contributed by atoms with Gasteiger partial charge in [0.2, 0.25) is 0 Å². The van der Waals surface area contributed by atoms with Crippen LogP contribution in [-0.2, 0) is 5.60 Å². The van der Waals surface area contributed by atoms with Crippen LogP contribution in [0.1, 0.15) is 31.2 Å². The highest BCUT2D eigenvalue weighted by molar-refractivity contribution is 5.93. The molecule has 1 aliphatic rings. The fourth-order valence-electron chi connectivity index (χ4n) is 3.14. The molecule has 0 radical (unpaired) electrons. The molecule has 1 aliphatic carbocycles. The maximum atomic E-state index is 10.7. The quantitative estimate of drug-likeness (QED) is 0.668. The lowest BCUT2D eigenvalue weighted by molar-refractivity contribution is 0.0443. The van der Waals surface area contributed by atoms with E-state index in [1.54, 1.807) is 12.4 Å². The number of fused-ring (bicyclic) bond motifs is 1. The number of aromatic nitrogens is 4. The van der Waals surface area contributed by atoms with Gasteiger partial charge < -0.3 is 10.1 Å². The summed E-state index contributed by atoms with van der Waals surface area (Å²) in [6.45, 7) is 0. The predicted octanol–water partition coefficient (Wildman–Crippen LogP) is 2.71. The number of hydrogen-bond donors (Lipinski definition) is 3. The molecule has 0 atom stereocenters. The molecule has 102 valence electrons. The monoisotopic (exact) mass is 268 g/mol.